The van der Waals surface area contributed by atoms with Crippen LogP contribution in [-0.2, 0) is 13.1 Å². The first-order valence-electron chi connectivity index (χ1n) is 10.3. The number of methoxy groups -OCH3 is 1. The van der Waals surface area contributed by atoms with Crippen molar-refractivity contribution in [2.45, 2.75) is 26.9 Å². The van der Waals surface area contributed by atoms with Crippen LogP contribution in [0, 0.1) is 5.82 Å². The van der Waals surface area contributed by atoms with Gasteiger partial charge >= 0.3 is 0 Å². The molecule has 0 spiro atoms. The molecular formula is C23H31FN2O3+2. The summed E-state index contributed by atoms with van der Waals surface area (Å²) in [7, 11) is 1.62. The van der Waals surface area contributed by atoms with E-state index in [1.165, 1.54) is 15.9 Å². The molecule has 2 aromatic rings. The Balaban J connectivity index is 1.62. The molecular weight excluding hydrogens is 371 g/mol. The van der Waals surface area contributed by atoms with Crippen LogP contribution in [0.25, 0.3) is 0 Å². The Morgan fingerprint density at radius 1 is 0.966 bits per heavy atom. The van der Waals surface area contributed by atoms with Gasteiger partial charge in [-0.2, -0.15) is 0 Å². The van der Waals surface area contributed by atoms with Crippen molar-refractivity contribution in [3.05, 3.63) is 58.9 Å². The molecule has 0 radical (unpaired) electrons. The van der Waals surface area contributed by atoms with Gasteiger partial charge in [-0.1, -0.05) is 0 Å². The molecule has 3 rings (SSSR count). The molecule has 0 aliphatic carbocycles. The van der Waals surface area contributed by atoms with Crippen LogP contribution in [0.5, 0.6) is 11.5 Å². The number of ether oxygens (including phenoxy) is 2. The summed E-state index contributed by atoms with van der Waals surface area (Å²) >= 11 is 0. The fourth-order valence-electron chi connectivity index (χ4n) is 3.97. The maximum atomic E-state index is 13.6. The Morgan fingerprint density at radius 3 is 2.10 bits per heavy atom. The van der Waals surface area contributed by atoms with E-state index in [2.05, 4.69) is 0 Å². The lowest BCUT2D eigenvalue weighted by atomic mass is 10.1. The van der Waals surface area contributed by atoms with E-state index in [-0.39, 0.29) is 11.6 Å². The second-order valence-electron chi connectivity index (χ2n) is 7.62. The Morgan fingerprint density at radius 2 is 1.55 bits per heavy atom. The van der Waals surface area contributed by atoms with Gasteiger partial charge in [0, 0.05) is 11.1 Å². The van der Waals surface area contributed by atoms with Crippen LogP contribution < -0.4 is 19.3 Å². The number of carbonyl (C=O) groups is 1. The minimum atomic E-state index is -0.224. The zero-order valence-electron chi connectivity index (χ0n) is 17.5. The minimum Gasteiger partial charge on any atom is -0.496 e. The highest BCUT2D eigenvalue weighted by atomic mass is 19.1. The van der Waals surface area contributed by atoms with Gasteiger partial charge in [0.05, 0.1) is 19.3 Å². The fourth-order valence-corrected chi connectivity index (χ4v) is 3.97. The molecule has 0 aromatic heterocycles. The SMILES string of the molecule is CCOc1ccc(C(C)=O)cc1C[NH+]1CC[NH+](Cc2cc(F)ccc2OC)CC1. The van der Waals surface area contributed by atoms with Crippen LogP contribution >= 0.6 is 0 Å². The van der Waals surface area contributed by atoms with Gasteiger partial charge in [0.1, 0.15) is 56.6 Å². The molecule has 0 atom stereocenters. The molecule has 6 heteroatoms. The summed E-state index contributed by atoms with van der Waals surface area (Å²) in [6.45, 7) is 9.82. The third-order valence-electron chi connectivity index (χ3n) is 5.55. The van der Waals surface area contributed by atoms with Gasteiger partial charge in [-0.25, -0.2) is 4.39 Å². The molecule has 2 aromatic carbocycles. The van der Waals surface area contributed by atoms with Crippen LogP contribution in [0.15, 0.2) is 36.4 Å². The first-order chi connectivity index (χ1) is 14.0. The van der Waals surface area contributed by atoms with Crippen LogP contribution in [0.3, 0.4) is 0 Å². The summed E-state index contributed by atoms with van der Waals surface area (Å²) in [5.74, 6) is 1.46. The number of hydrogen-bond acceptors (Lipinski definition) is 3. The summed E-state index contributed by atoms with van der Waals surface area (Å²) in [6, 6.07) is 10.4. The lowest BCUT2D eigenvalue weighted by Gasteiger charge is -2.30. The zero-order valence-corrected chi connectivity index (χ0v) is 17.5. The van der Waals surface area contributed by atoms with Crippen molar-refractivity contribution in [1.82, 2.24) is 0 Å². The second-order valence-corrected chi connectivity index (χ2v) is 7.62. The van der Waals surface area contributed by atoms with Gasteiger partial charge in [0.2, 0.25) is 0 Å². The Bertz CT molecular complexity index is 848. The predicted octanol–water partition coefficient (Wildman–Crippen LogP) is 0.919. The van der Waals surface area contributed by atoms with Crippen molar-refractivity contribution in [3.8, 4) is 11.5 Å². The molecule has 156 valence electrons. The molecule has 2 N–H and O–H groups in total. The molecule has 1 aliphatic heterocycles. The number of quaternary nitrogens is 2. The molecule has 0 unspecified atom stereocenters. The fraction of sp³-hybridized carbons (Fsp3) is 0.435. The monoisotopic (exact) mass is 402 g/mol. The number of piperazine rings is 1. The average molecular weight is 403 g/mol. The standard InChI is InChI=1S/C23H29FN2O3/c1-4-29-23-7-5-18(17(2)27)13-19(23)15-25-9-11-26(12-10-25)16-20-14-21(24)6-8-22(20)28-3/h5-8,13-14H,4,9-12,15-16H2,1-3H3/p+2. The number of benzene rings is 2. The molecule has 1 aliphatic rings. The van der Waals surface area contributed by atoms with Crippen molar-refractivity contribution in [3.63, 3.8) is 0 Å². The topological polar surface area (TPSA) is 44.4 Å². The summed E-state index contributed by atoms with van der Waals surface area (Å²) in [6.07, 6.45) is 0. The van der Waals surface area contributed by atoms with E-state index >= 15 is 0 Å². The van der Waals surface area contributed by atoms with Gasteiger partial charge in [-0.05, 0) is 50.2 Å². The van der Waals surface area contributed by atoms with Gasteiger partial charge in [-0.15, -0.1) is 0 Å². The van der Waals surface area contributed by atoms with Crippen LogP contribution in [0.4, 0.5) is 4.39 Å². The maximum Gasteiger partial charge on any atom is 0.159 e. The van der Waals surface area contributed by atoms with Crippen molar-refractivity contribution >= 4 is 5.78 Å². The third-order valence-corrected chi connectivity index (χ3v) is 5.55. The third kappa shape index (κ3) is 5.55. The normalized spacial score (nSPS) is 19.0. The Hall–Kier alpha value is -2.44. The number of carbonyl (C=O) groups excluding carboxylic acids is 1. The smallest absolute Gasteiger partial charge is 0.159 e. The van der Waals surface area contributed by atoms with E-state index in [1.807, 2.05) is 25.1 Å². The van der Waals surface area contributed by atoms with Crippen LogP contribution in [0.1, 0.15) is 35.3 Å². The lowest BCUT2D eigenvalue weighted by molar-refractivity contribution is -1.02. The molecule has 1 heterocycles. The van der Waals surface area contributed by atoms with E-state index in [0.717, 1.165) is 67.5 Å². The number of halogens is 1. The highest BCUT2D eigenvalue weighted by Crippen LogP contribution is 2.20. The van der Waals surface area contributed by atoms with Gasteiger partial charge in [-0.3, -0.25) is 4.79 Å². The number of ketones is 1. The zero-order chi connectivity index (χ0) is 20.8. The predicted molar refractivity (Wildman–Crippen MR) is 109 cm³/mol. The van der Waals surface area contributed by atoms with E-state index in [4.69, 9.17) is 9.47 Å². The summed E-state index contributed by atoms with van der Waals surface area (Å²) in [4.78, 5) is 14.7. The van der Waals surface area contributed by atoms with Crippen molar-refractivity contribution in [2.24, 2.45) is 0 Å². The number of Topliss-reactive ketones (excluding diaryl/α,β-unsaturated/α-hetero) is 1. The summed E-state index contributed by atoms with van der Waals surface area (Å²) in [5.41, 5.74) is 2.73. The van der Waals surface area contributed by atoms with Crippen molar-refractivity contribution in [2.75, 3.05) is 39.9 Å². The molecule has 0 bridgehead atoms. The second kappa shape index (κ2) is 9.85. The molecule has 1 saturated heterocycles. The van der Waals surface area contributed by atoms with Crippen LogP contribution in [-0.4, -0.2) is 45.7 Å². The number of rotatable bonds is 8. The number of hydrogen-bond donors (Lipinski definition) is 2. The largest absolute Gasteiger partial charge is 0.496 e. The van der Waals surface area contributed by atoms with Crippen LogP contribution in [0.2, 0.25) is 0 Å². The van der Waals surface area contributed by atoms with Gasteiger partial charge in [0.15, 0.2) is 5.78 Å². The molecule has 5 nitrogen and oxygen atoms in total. The van der Waals surface area contributed by atoms with Crippen molar-refractivity contribution in [1.29, 1.82) is 0 Å². The van der Waals surface area contributed by atoms with E-state index in [9.17, 15) is 9.18 Å². The molecule has 29 heavy (non-hydrogen) atoms. The molecule has 0 saturated carbocycles. The maximum absolute atomic E-state index is 13.6. The first-order valence-corrected chi connectivity index (χ1v) is 10.3. The number of nitrogens with one attached hydrogen (secondary N) is 2. The van der Waals surface area contributed by atoms with E-state index < -0.39 is 0 Å². The quantitative estimate of drug-likeness (QED) is 0.646. The summed E-state index contributed by atoms with van der Waals surface area (Å²) in [5, 5.41) is 0. The van der Waals surface area contributed by atoms with E-state index in [1.54, 1.807) is 26.2 Å². The first kappa shape index (κ1) is 21.3. The average Bonchev–Trinajstić information content (AvgIpc) is 2.71. The summed E-state index contributed by atoms with van der Waals surface area (Å²) < 4.78 is 24.8. The molecule has 0 amide bonds. The molecule has 1 fully saturated rings. The lowest BCUT2D eigenvalue weighted by Crippen LogP contribution is -3.27. The van der Waals surface area contributed by atoms with E-state index in [0.29, 0.717) is 6.61 Å². The highest BCUT2D eigenvalue weighted by molar-refractivity contribution is 5.94. The van der Waals surface area contributed by atoms with Crippen molar-refractivity contribution < 1.29 is 28.5 Å². The Labute approximate surface area is 172 Å². The Kier molecular flexibility index (Phi) is 7.23. The minimum absolute atomic E-state index is 0.0719. The highest BCUT2D eigenvalue weighted by Gasteiger charge is 2.25. The van der Waals surface area contributed by atoms with Gasteiger partial charge < -0.3 is 19.3 Å². The van der Waals surface area contributed by atoms with Gasteiger partial charge in [0.25, 0.3) is 0 Å².